The van der Waals surface area contributed by atoms with Gasteiger partial charge in [-0.3, -0.25) is 9.69 Å². The predicted octanol–water partition coefficient (Wildman–Crippen LogP) is 1.82. The topological polar surface area (TPSA) is 25.2 Å². The maximum atomic E-state index is 12.0. The zero-order valence-corrected chi connectivity index (χ0v) is 10.7. The van der Waals surface area contributed by atoms with E-state index >= 15 is 0 Å². The second-order valence-electron chi connectivity index (χ2n) is 6.08. The molecule has 0 saturated carbocycles. The first-order valence-electron chi connectivity index (χ1n) is 7.28. The van der Waals surface area contributed by atoms with Gasteiger partial charge in [-0.25, -0.2) is 0 Å². The number of hydrogen-bond acceptors (Lipinski definition) is 2. The molecule has 0 amide bonds. The summed E-state index contributed by atoms with van der Waals surface area (Å²) in [6, 6.07) is 6.55. The van der Waals surface area contributed by atoms with E-state index in [-0.39, 0.29) is 5.56 Å². The van der Waals surface area contributed by atoms with E-state index in [2.05, 4.69) is 15.5 Å². The highest BCUT2D eigenvalue weighted by Gasteiger charge is 2.43. The fraction of sp³-hybridized carbons (Fsp3) is 0.667. The maximum Gasteiger partial charge on any atom is 0.250 e. The average molecular weight is 244 g/mol. The molecule has 0 unspecified atom stereocenters. The predicted molar refractivity (Wildman–Crippen MR) is 70.8 cm³/mol. The van der Waals surface area contributed by atoms with Crippen LogP contribution >= 0.6 is 0 Å². The van der Waals surface area contributed by atoms with Crippen LogP contribution in [0, 0.1) is 5.92 Å². The van der Waals surface area contributed by atoms with Gasteiger partial charge in [0.15, 0.2) is 0 Å². The number of aromatic nitrogens is 1. The molecule has 2 saturated heterocycles. The highest BCUT2D eigenvalue weighted by molar-refractivity contribution is 5.20. The molecule has 0 radical (unpaired) electrons. The number of hydrogen-bond donors (Lipinski definition) is 0. The lowest BCUT2D eigenvalue weighted by Gasteiger charge is -2.52. The lowest BCUT2D eigenvalue weighted by molar-refractivity contribution is 0.0180. The Morgan fingerprint density at radius 1 is 1.11 bits per heavy atom. The zero-order valence-electron chi connectivity index (χ0n) is 10.7. The van der Waals surface area contributed by atoms with Gasteiger partial charge in [0.1, 0.15) is 0 Å². The van der Waals surface area contributed by atoms with Crippen LogP contribution in [-0.2, 0) is 6.54 Å². The summed E-state index contributed by atoms with van der Waals surface area (Å²) < 4.78 is 2.06. The van der Waals surface area contributed by atoms with E-state index in [9.17, 15) is 4.79 Å². The van der Waals surface area contributed by atoms with E-state index < -0.39 is 0 Å². The highest BCUT2D eigenvalue weighted by Crippen LogP contribution is 2.43. The number of rotatable bonds is 0. The molecule has 4 heterocycles. The van der Waals surface area contributed by atoms with E-state index in [1.807, 2.05) is 6.07 Å². The first-order valence-corrected chi connectivity index (χ1v) is 7.28. The third-order valence-corrected chi connectivity index (χ3v) is 5.18. The summed E-state index contributed by atoms with van der Waals surface area (Å²) in [5.74, 6) is 1.31. The Hall–Kier alpha value is -1.09. The van der Waals surface area contributed by atoms with Crippen molar-refractivity contribution in [2.75, 3.05) is 13.1 Å². The van der Waals surface area contributed by atoms with Gasteiger partial charge in [0, 0.05) is 30.3 Å². The van der Waals surface area contributed by atoms with Crippen molar-refractivity contribution in [3.05, 3.63) is 34.2 Å². The van der Waals surface area contributed by atoms with Crippen molar-refractivity contribution in [2.45, 2.75) is 44.2 Å². The third kappa shape index (κ3) is 1.43. The highest BCUT2D eigenvalue weighted by atomic mass is 16.1. The lowest BCUT2D eigenvalue weighted by atomic mass is 9.73. The van der Waals surface area contributed by atoms with Crippen LogP contribution in [0.5, 0.6) is 0 Å². The van der Waals surface area contributed by atoms with Gasteiger partial charge in [-0.1, -0.05) is 6.07 Å². The van der Waals surface area contributed by atoms with Crippen molar-refractivity contribution < 1.29 is 0 Å². The normalized spacial score (nSPS) is 34.8. The molecule has 0 aromatic carbocycles. The molecule has 0 spiro atoms. The monoisotopic (exact) mass is 244 g/mol. The molecule has 96 valence electrons. The summed E-state index contributed by atoms with van der Waals surface area (Å²) in [4.78, 5) is 14.7. The minimum atomic E-state index is 0.202. The van der Waals surface area contributed by atoms with Crippen LogP contribution in [0.2, 0.25) is 0 Å². The molecule has 1 aromatic rings. The molecule has 2 fully saturated rings. The summed E-state index contributed by atoms with van der Waals surface area (Å²) in [6.07, 6.45) is 5.17. The summed E-state index contributed by atoms with van der Waals surface area (Å²) in [5.41, 5.74) is 1.50. The van der Waals surface area contributed by atoms with Gasteiger partial charge >= 0.3 is 0 Å². The molecular weight excluding hydrogens is 224 g/mol. The van der Waals surface area contributed by atoms with E-state index in [1.165, 1.54) is 44.5 Å². The van der Waals surface area contributed by atoms with Crippen molar-refractivity contribution in [2.24, 2.45) is 5.92 Å². The standard InChI is InChI=1S/C15H20N2O/c18-14-7-1-6-13-12-5-3-9-16-8-2-4-11(15(12)16)10-17(13)14/h1,6-7,11-12,15H,2-5,8-10H2/t11-,12+,15+/m1/s1. The fourth-order valence-electron chi connectivity index (χ4n) is 4.52. The van der Waals surface area contributed by atoms with Crippen LogP contribution in [0.1, 0.15) is 37.3 Å². The molecule has 3 nitrogen and oxygen atoms in total. The quantitative estimate of drug-likeness (QED) is 0.695. The zero-order chi connectivity index (χ0) is 12.1. The Morgan fingerprint density at radius 2 is 1.94 bits per heavy atom. The molecular formula is C15H20N2O. The molecule has 3 heteroatoms. The molecule has 0 aliphatic carbocycles. The first kappa shape index (κ1) is 10.8. The number of piperidine rings is 2. The van der Waals surface area contributed by atoms with Gasteiger partial charge in [-0.15, -0.1) is 0 Å². The van der Waals surface area contributed by atoms with E-state index in [1.54, 1.807) is 6.07 Å². The van der Waals surface area contributed by atoms with Crippen LogP contribution in [0.25, 0.3) is 0 Å². The maximum absolute atomic E-state index is 12.0. The minimum absolute atomic E-state index is 0.202. The van der Waals surface area contributed by atoms with Crippen LogP contribution in [0.3, 0.4) is 0 Å². The molecule has 4 rings (SSSR count). The number of fused-ring (bicyclic) bond motifs is 2. The summed E-state index contributed by atoms with van der Waals surface area (Å²) in [6.45, 7) is 3.50. The smallest absolute Gasteiger partial charge is 0.250 e. The van der Waals surface area contributed by atoms with Crippen molar-refractivity contribution >= 4 is 0 Å². The van der Waals surface area contributed by atoms with Crippen LogP contribution in [0.15, 0.2) is 23.0 Å². The van der Waals surface area contributed by atoms with Crippen LogP contribution in [0.4, 0.5) is 0 Å². The number of pyridine rings is 1. The SMILES string of the molecule is O=c1cccc2n1C[C@H]1CCCN3CCC[C@@H]2[C@H]13. The molecule has 0 N–H and O–H groups in total. The van der Waals surface area contributed by atoms with Crippen molar-refractivity contribution in [1.82, 2.24) is 9.47 Å². The summed E-state index contributed by atoms with van der Waals surface area (Å²) in [7, 11) is 0. The van der Waals surface area contributed by atoms with Gasteiger partial charge in [0.25, 0.3) is 5.56 Å². The van der Waals surface area contributed by atoms with Crippen molar-refractivity contribution in [3.8, 4) is 0 Å². The van der Waals surface area contributed by atoms with Crippen molar-refractivity contribution in [3.63, 3.8) is 0 Å². The Labute approximate surface area is 107 Å². The largest absolute Gasteiger partial charge is 0.312 e. The molecule has 18 heavy (non-hydrogen) atoms. The molecule has 0 bridgehead atoms. The van der Waals surface area contributed by atoms with Crippen LogP contribution in [-0.4, -0.2) is 28.6 Å². The summed E-state index contributed by atoms with van der Waals surface area (Å²) >= 11 is 0. The second kappa shape index (κ2) is 3.95. The van der Waals surface area contributed by atoms with Crippen molar-refractivity contribution in [1.29, 1.82) is 0 Å². The van der Waals surface area contributed by atoms with Gasteiger partial charge in [-0.2, -0.15) is 0 Å². The molecule has 3 aliphatic heterocycles. The average Bonchev–Trinajstić information content (AvgIpc) is 2.41. The van der Waals surface area contributed by atoms with E-state index in [4.69, 9.17) is 0 Å². The van der Waals surface area contributed by atoms with E-state index in [0.29, 0.717) is 17.9 Å². The van der Waals surface area contributed by atoms with Gasteiger partial charge in [-0.05, 0) is 50.8 Å². The molecule has 3 atom stereocenters. The fourth-order valence-corrected chi connectivity index (χ4v) is 4.52. The second-order valence-corrected chi connectivity index (χ2v) is 6.08. The van der Waals surface area contributed by atoms with Gasteiger partial charge < -0.3 is 4.57 Å². The minimum Gasteiger partial charge on any atom is -0.312 e. The van der Waals surface area contributed by atoms with E-state index in [0.717, 1.165) is 6.54 Å². The van der Waals surface area contributed by atoms with Gasteiger partial charge in [0.05, 0.1) is 0 Å². The first-order chi connectivity index (χ1) is 8.84. The third-order valence-electron chi connectivity index (χ3n) is 5.18. The Bertz CT molecular complexity index is 519. The molecule has 1 aromatic heterocycles. The van der Waals surface area contributed by atoms with Gasteiger partial charge in [0.2, 0.25) is 0 Å². The Morgan fingerprint density at radius 3 is 2.83 bits per heavy atom. The molecule has 3 aliphatic rings. The Kier molecular flexibility index (Phi) is 2.37. The van der Waals surface area contributed by atoms with Crippen LogP contribution < -0.4 is 5.56 Å². The Balaban J connectivity index is 1.84. The lowest BCUT2D eigenvalue weighted by Crippen LogP contribution is -2.56. The number of nitrogens with zero attached hydrogens (tertiary/aromatic N) is 2. The summed E-state index contributed by atoms with van der Waals surface area (Å²) in [5, 5.41) is 0.